The van der Waals surface area contributed by atoms with Crippen molar-refractivity contribution in [1.29, 1.82) is 0 Å². The van der Waals surface area contributed by atoms with Crippen molar-refractivity contribution in [3.05, 3.63) is 42.0 Å². The van der Waals surface area contributed by atoms with Crippen LogP contribution in [0.3, 0.4) is 0 Å². The molecule has 0 spiro atoms. The van der Waals surface area contributed by atoms with E-state index in [1.54, 1.807) is 0 Å². The van der Waals surface area contributed by atoms with Crippen LogP contribution in [0.2, 0.25) is 0 Å². The van der Waals surface area contributed by atoms with E-state index >= 15 is 0 Å². The molecule has 0 radical (unpaired) electrons. The molecular formula is C13H11F3N2O. The van der Waals surface area contributed by atoms with Gasteiger partial charge in [-0.3, -0.25) is 0 Å². The van der Waals surface area contributed by atoms with Gasteiger partial charge >= 0.3 is 6.18 Å². The molecule has 0 amide bonds. The Morgan fingerprint density at radius 2 is 1.89 bits per heavy atom. The van der Waals surface area contributed by atoms with E-state index in [9.17, 15) is 13.2 Å². The molecule has 19 heavy (non-hydrogen) atoms. The van der Waals surface area contributed by atoms with E-state index in [0.29, 0.717) is 5.89 Å². The molecule has 1 aromatic carbocycles. The van der Waals surface area contributed by atoms with E-state index < -0.39 is 17.3 Å². The minimum Gasteiger partial charge on any atom is -0.446 e. The van der Waals surface area contributed by atoms with Crippen LogP contribution in [0.15, 0.2) is 34.9 Å². The van der Waals surface area contributed by atoms with Gasteiger partial charge in [0.1, 0.15) is 12.0 Å². The number of nitrogens with zero attached hydrogens (tertiary/aromatic N) is 1. The Morgan fingerprint density at radius 3 is 2.53 bits per heavy atom. The van der Waals surface area contributed by atoms with Crippen molar-refractivity contribution >= 4 is 0 Å². The summed E-state index contributed by atoms with van der Waals surface area (Å²) in [7, 11) is 0. The average molecular weight is 268 g/mol. The highest BCUT2D eigenvalue weighted by molar-refractivity contribution is 5.63. The summed E-state index contributed by atoms with van der Waals surface area (Å²) in [5.74, 6) is 0.305. The molecule has 1 aliphatic rings. The van der Waals surface area contributed by atoms with Crippen molar-refractivity contribution in [2.24, 2.45) is 5.73 Å². The van der Waals surface area contributed by atoms with Crippen LogP contribution in [0.4, 0.5) is 13.2 Å². The number of aromatic nitrogens is 1. The van der Waals surface area contributed by atoms with Gasteiger partial charge in [0, 0.05) is 5.56 Å². The van der Waals surface area contributed by atoms with Gasteiger partial charge in [0.25, 0.3) is 0 Å². The van der Waals surface area contributed by atoms with Crippen molar-refractivity contribution in [1.82, 2.24) is 4.98 Å². The van der Waals surface area contributed by atoms with Gasteiger partial charge < -0.3 is 10.2 Å². The van der Waals surface area contributed by atoms with Crippen LogP contribution in [-0.2, 0) is 11.7 Å². The molecular weight excluding hydrogens is 257 g/mol. The first kappa shape index (κ1) is 12.2. The summed E-state index contributed by atoms with van der Waals surface area (Å²) in [5.41, 5.74) is 4.76. The zero-order valence-corrected chi connectivity index (χ0v) is 9.87. The second-order valence-electron chi connectivity index (χ2n) is 4.74. The molecule has 3 rings (SSSR count). The van der Waals surface area contributed by atoms with Gasteiger partial charge in [0.05, 0.1) is 11.1 Å². The van der Waals surface area contributed by atoms with E-state index in [2.05, 4.69) is 4.98 Å². The number of nitrogens with two attached hydrogens (primary N) is 1. The molecule has 0 saturated heterocycles. The van der Waals surface area contributed by atoms with Crippen LogP contribution < -0.4 is 5.73 Å². The van der Waals surface area contributed by atoms with E-state index in [4.69, 9.17) is 10.2 Å². The SMILES string of the molecule is NC1(c2nc(-c3ccccc3C(F)(F)F)co2)CC1. The maximum absolute atomic E-state index is 12.9. The maximum atomic E-state index is 12.9. The quantitative estimate of drug-likeness (QED) is 0.909. The smallest absolute Gasteiger partial charge is 0.417 e. The minimum atomic E-state index is -4.42. The molecule has 0 unspecified atom stereocenters. The molecule has 0 bridgehead atoms. The van der Waals surface area contributed by atoms with E-state index in [-0.39, 0.29) is 11.3 Å². The summed E-state index contributed by atoms with van der Waals surface area (Å²) in [4.78, 5) is 4.10. The summed E-state index contributed by atoms with van der Waals surface area (Å²) >= 11 is 0. The maximum Gasteiger partial charge on any atom is 0.417 e. The molecule has 3 nitrogen and oxygen atoms in total. The molecule has 0 aliphatic heterocycles. The predicted molar refractivity (Wildman–Crippen MR) is 62.0 cm³/mol. The summed E-state index contributed by atoms with van der Waals surface area (Å²) in [6.45, 7) is 0. The Morgan fingerprint density at radius 1 is 1.21 bits per heavy atom. The van der Waals surface area contributed by atoms with Crippen LogP contribution in [0.25, 0.3) is 11.3 Å². The lowest BCUT2D eigenvalue weighted by atomic mass is 10.1. The Hall–Kier alpha value is -1.82. The molecule has 100 valence electrons. The molecule has 1 aromatic heterocycles. The molecule has 6 heteroatoms. The fourth-order valence-corrected chi connectivity index (χ4v) is 1.93. The number of benzene rings is 1. The lowest BCUT2D eigenvalue weighted by Crippen LogP contribution is -2.18. The van der Waals surface area contributed by atoms with Gasteiger partial charge in [-0.2, -0.15) is 13.2 Å². The monoisotopic (exact) mass is 268 g/mol. The number of hydrogen-bond donors (Lipinski definition) is 1. The van der Waals surface area contributed by atoms with Crippen LogP contribution in [0.1, 0.15) is 24.3 Å². The molecule has 1 aliphatic carbocycles. The predicted octanol–water partition coefficient (Wildman–Crippen LogP) is 3.31. The Kier molecular flexibility index (Phi) is 2.47. The topological polar surface area (TPSA) is 52.0 Å². The molecule has 2 N–H and O–H groups in total. The highest BCUT2D eigenvalue weighted by atomic mass is 19.4. The Balaban J connectivity index is 2.05. The zero-order chi connectivity index (χ0) is 13.7. The van der Waals surface area contributed by atoms with Gasteiger partial charge in [-0.15, -0.1) is 0 Å². The summed E-state index contributed by atoms with van der Waals surface area (Å²) < 4.78 is 43.9. The highest BCUT2D eigenvalue weighted by Gasteiger charge is 2.45. The fraction of sp³-hybridized carbons (Fsp3) is 0.308. The van der Waals surface area contributed by atoms with Crippen LogP contribution in [0, 0.1) is 0 Å². The average Bonchev–Trinajstić information content (AvgIpc) is 2.93. The van der Waals surface area contributed by atoms with Crippen LogP contribution in [0.5, 0.6) is 0 Å². The summed E-state index contributed by atoms with van der Waals surface area (Å²) in [6.07, 6.45) is -1.70. The van der Waals surface area contributed by atoms with Gasteiger partial charge in [0.2, 0.25) is 5.89 Å². The lowest BCUT2D eigenvalue weighted by molar-refractivity contribution is -0.137. The van der Waals surface area contributed by atoms with Crippen molar-refractivity contribution in [3.8, 4) is 11.3 Å². The van der Waals surface area contributed by atoms with Gasteiger partial charge in [-0.1, -0.05) is 18.2 Å². The normalized spacial score (nSPS) is 17.5. The largest absolute Gasteiger partial charge is 0.446 e. The fourth-order valence-electron chi connectivity index (χ4n) is 1.93. The lowest BCUT2D eigenvalue weighted by Gasteiger charge is -2.10. The first-order chi connectivity index (χ1) is 8.90. The number of oxazole rings is 1. The molecule has 1 fully saturated rings. The highest BCUT2D eigenvalue weighted by Crippen LogP contribution is 2.43. The Labute approximate surface area is 107 Å². The molecule has 1 heterocycles. The van der Waals surface area contributed by atoms with Crippen LogP contribution >= 0.6 is 0 Å². The number of hydrogen-bond acceptors (Lipinski definition) is 3. The van der Waals surface area contributed by atoms with Crippen molar-refractivity contribution < 1.29 is 17.6 Å². The number of rotatable bonds is 2. The second kappa shape index (κ2) is 3.84. The third-order valence-corrected chi connectivity index (χ3v) is 3.23. The second-order valence-corrected chi connectivity index (χ2v) is 4.74. The standard InChI is InChI=1S/C13H11F3N2O/c14-13(15,16)9-4-2-1-3-8(9)10-7-19-11(18-10)12(17)5-6-12/h1-4,7H,5-6,17H2. The van der Waals surface area contributed by atoms with Crippen molar-refractivity contribution in [2.75, 3.05) is 0 Å². The molecule has 0 atom stereocenters. The summed E-state index contributed by atoms with van der Waals surface area (Å²) in [5, 5.41) is 0. The van der Waals surface area contributed by atoms with E-state index in [1.807, 2.05) is 0 Å². The third-order valence-electron chi connectivity index (χ3n) is 3.23. The van der Waals surface area contributed by atoms with Gasteiger partial charge in [-0.05, 0) is 18.9 Å². The summed E-state index contributed by atoms with van der Waals surface area (Å²) in [6, 6.07) is 5.28. The first-order valence-corrected chi connectivity index (χ1v) is 5.82. The third kappa shape index (κ3) is 2.12. The van der Waals surface area contributed by atoms with Gasteiger partial charge in [-0.25, -0.2) is 4.98 Å². The van der Waals surface area contributed by atoms with E-state index in [0.717, 1.165) is 18.9 Å². The van der Waals surface area contributed by atoms with Crippen molar-refractivity contribution in [3.63, 3.8) is 0 Å². The minimum absolute atomic E-state index is 0.00856. The van der Waals surface area contributed by atoms with Crippen molar-refractivity contribution in [2.45, 2.75) is 24.6 Å². The zero-order valence-electron chi connectivity index (χ0n) is 9.87. The first-order valence-electron chi connectivity index (χ1n) is 5.82. The number of halogens is 3. The molecule has 1 saturated carbocycles. The molecule has 2 aromatic rings. The number of alkyl halides is 3. The van der Waals surface area contributed by atoms with E-state index in [1.165, 1.54) is 24.5 Å². The van der Waals surface area contributed by atoms with Gasteiger partial charge in [0.15, 0.2) is 0 Å². The Bertz CT molecular complexity index is 614. The van der Waals surface area contributed by atoms with Crippen LogP contribution in [-0.4, -0.2) is 4.98 Å².